The number of nitrogens with one attached hydrogen (secondary N) is 3. The van der Waals surface area contributed by atoms with Crippen LogP contribution in [-0.2, 0) is 23.6 Å². The summed E-state index contributed by atoms with van der Waals surface area (Å²) in [4.78, 5) is 8.09. The van der Waals surface area contributed by atoms with Crippen molar-refractivity contribution in [2.24, 2.45) is 12.0 Å². The summed E-state index contributed by atoms with van der Waals surface area (Å²) in [6.07, 6.45) is 1.44. The van der Waals surface area contributed by atoms with Gasteiger partial charge in [0.2, 0.25) is 10.0 Å². The number of sulfonamides is 1. The number of guanidine groups is 1. The second-order valence-corrected chi connectivity index (χ2v) is 7.38. The number of aromatic nitrogens is 3. The summed E-state index contributed by atoms with van der Waals surface area (Å²) in [6, 6.07) is 4.19. The van der Waals surface area contributed by atoms with Gasteiger partial charge < -0.3 is 10.6 Å². The molecule has 0 aliphatic rings. The number of aryl methyl sites for hydroxylation is 2. The smallest absolute Gasteiger partial charge is 0.234 e. The number of rotatable bonds is 7. The van der Waals surface area contributed by atoms with Crippen molar-refractivity contribution >= 4 is 45.6 Å². The molecular formula is C15H23FIN7O2S. The van der Waals surface area contributed by atoms with Crippen molar-refractivity contribution < 1.29 is 12.8 Å². The zero-order valence-corrected chi connectivity index (χ0v) is 18.4. The van der Waals surface area contributed by atoms with Crippen LogP contribution in [0.3, 0.4) is 0 Å². The van der Waals surface area contributed by atoms with Gasteiger partial charge in [0.25, 0.3) is 0 Å². The van der Waals surface area contributed by atoms with E-state index in [9.17, 15) is 12.8 Å². The Labute approximate surface area is 174 Å². The predicted molar refractivity (Wildman–Crippen MR) is 113 cm³/mol. The molecule has 12 heteroatoms. The van der Waals surface area contributed by atoms with E-state index in [4.69, 9.17) is 0 Å². The maximum absolute atomic E-state index is 13.5. The quantitative estimate of drug-likeness (QED) is 0.291. The molecule has 0 saturated heterocycles. The van der Waals surface area contributed by atoms with Gasteiger partial charge in [0, 0.05) is 20.6 Å². The van der Waals surface area contributed by atoms with E-state index in [0.29, 0.717) is 23.9 Å². The summed E-state index contributed by atoms with van der Waals surface area (Å²) < 4.78 is 41.7. The topological polar surface area (TPSA) is 113 Å². The fourth-order valence-electron chi connectivity index (χ4n) is 2.05. The van der Waals surface area contributed by atoms with Gasteiger partial charge >= 0.3 is 0 Å². The molecule has 3 N–H and O–H groups in total. The Bertz CT molecular complexity index is 886. The van der Waals surface area contributed by atoms with Crippen LogP contribution < -0.4 is 15.4 Å². The average molecular weight is 511 g/mol. The first-order valence-electron chi connectivity index (χ1n) is 7.85. The van der Waals surface area contributed by atoms with Gasteiger partial charge in [0.1, 0.15) is 18.0 Å². The van der Waals surface area contributed by atoms with Crippen molar-refractivity contribution in [3.05, 3.63) is 41.7 Å². The molecule has 1 aromatic carbocycles. The zero-order chi connectivity index (χ0) is 19.2. The van der Waals surface area contributed by atoms with Gasteiger partial charge in [-0.15, -0.1) is 24.0 Å². The molecule has 0 bridgehead atoms. The normalized spacial score (nSPS) is 11.6. The molecule has 2 rings (SSSR count). The lowest BCUT2D eigenvalue weighted by Crippen LogP contribution is -2.40. The summed E-state index contributed by atoms with van der Waals surface area (Å²) >= 11 is 0. The SMILES string of the molecule is CN=C(NCCS(=O)(=O)Nc1ccc(C)c(F)c1)NCc1ncnn1C.I. The molecule has 0 atom stereocenters. The lowest BCUT2D eigenvalue weighted by Gasteiger charge is -2.12. The van der Waals surface area contributed by atoms with E-state index in [1.54, 1.807) is 25.7 Å². The monoisotopic (exact) mass is 511 g/mol. The standard InChI is InChI=1S/C15H22FN7O2S.HI/c1-11-4-5-12(8-13(11)16)22-26(24,25)7-6-18-15(17-2)19-9-14-20-10-21-23(14)3;/h4-5,8,10,22H,6-7,9H2,1-3H3,(H2,17,18,19);1H. The third-order valence-electron chi connectivity index (χ3n) is 3.55. The molecule has 0 aliphatic heterocycles. The van der Waals surface area contributed by atoms with Gasteiger partial charge in [0.15, 0.2) is 5.96 Å². The van der Waals surface area contributed by atoms with Crippen LogP contribution in [0.1, 0.15) is 11.4 Å². The van der Waals surface area contributed by atoms with E-state index in [1.165, 1.54) is 18.5 Å². The van der Waals surface area contributed by atoms with Crippen LogP contribution in [0.25, 0.3) is 0 Å². The predicted octanol–water partition coefficient (Wildman–Crippen LogP) is 0.988. The third-order valence-corrected chi connectivity index (χ3v) is 4.84. The van der Waals surface area contributed by atoms with Crippen LogP contribution in [0, 0.1) is 12.7 Å². The Morgan fingerprint density at radius 3 is 2.67 bits per heavy atom. The second-order valence-electron chi connectivity index (χ2n) is 5.54. The molecule has 0 amide bonds. The van der Waals surface area contributed by atoms with Crippen molar-refractivity contribution in [1.82, 2.24) is 25.4 Å². The van der Waals surface area contributed by atoms with Crippen molar-refractivity contribution in [1.29, 1.82) is 0 Å². The minimum absolute atomic E-state index is 0. The molecular weight excluding hydrogens is 488 g/mol. The number of benzene rings is 1. The summed E-state index contributed by atoms with van der Waals surface area (Å²) in [7, 11) is -0.274. The molecule has 150 valence electrons. The van der Waals surface area contributed by atoms with Gasteiger partial charge in [-0.1, -0.05) is 6.07 Å². The molecule has 0 saturated carbocycles. The van der Waals surface area contributed by atoms with Crippen molar-refractivity contribution in [2.45, 2.75) is 13.5 Å². The second kappa shape index (κ2) is 10.4. The lowest BCUT2D eigenvalue weighted by molar-refractivity contribution is 0.599. The van der Waals surface area contributed by atoms with Gasteiger partial charge in [-0.2, -0.15) is 5.10 Å². The summed E-state index contributed by atoms with van der Waals surface area (Å²) in [6.45, 7) is 2.13. The fraction of sp³-hybridized carbons (Fsp3) is 0.400. The molecule has 0 fully saturated rings. The maximum Gasteiger partial charge on any atom is 0.234 e. The van der Waals surface area contributed by atoms with Crippen LogP contribution in [-0.4, -0.2) is 48.5 Å². The number of aliphatic imine (C=N–C) groups is 1. The van der Waals surface area contributed by atoms with E-state index in [0.717, 1.165) is 6.07 Å². The maximum atomic E-state index is 13.5. The van der Waals surface area contributed by atoms with E-state index in [-0.39, 0.29) is 42.0 Å². The first-order chi connectivity index (χ1) is 12.3. The number of anilines is 1. The number of halogens is 2. The van der Waals surface area contributed by atoms with Crippen molar-refractivity contribution in [2.75, 3.05) is 24.1 Å². The molecule has 1 heterocycles. The van der Waals surface area contributed by atoms with Gasteiger partial charge in [-0.25, -0.2) is 17.8 Å². The molecule has 0 aliphatic carbocycles. The Balaban J connectivity index is 0.00000364. The van der Waals surface area contributed by atoms with Crippen LogP contribution in [0.5, 0.6) is 0 Å². The van der Waals surface area contributed by atoms with Crippen LogP contribution in [0.4, 0.5) is 10.1 Å². The zero-order valence-electron chi connectivity index (χ0n) is 15.2. The van der Waals surface area contributed by atoms with E-state index < -0.39 is 15.8 Å². The Hall–Kier alpha value is -1.96. The molecule has 9 nitrogen and oxygen atoms in total. The molecule has 0 spiro atoms. The largest absolute Gasteiger partial charge is 0.355 e. The highest BCUT2D eigenvalue weighted by Crippen LogP contribution is 2.14. The van der Waals surface area contributed by atoms with Gasteiger partial charge in [-0.3, -0.25) is 14.4 Å². The summed E-state index contributed by atoms with van der Waals surface area (Å²) in [5.41, 5.74) is 0.644. The molecule has 0 radical (unpaired) electrons. The molecule has 27 heavy (non-hydrogen) atoms. The van der Waals surface area contributed by atoms with Crippen LogP contribution >= 0.6 is 24.0 Å². The third kappa shape index (κ3) is 7.28. The van der Waals surface area contributed by atoms with Crippen molar-refractivity contribution in [3.63, 3.8) is 0 Å². The molecule has 2 aromatic rings. The molecule has 0 unspecified atom stereocenters. The first kappa shape index (κ1) is 23.1. The first-order valence-corrected chi connectivity index (χ1v) is 9.50. The Morgan fingerprint density at radius 1 is 1.33 bits per heavy atom. The highest BCUT2D eigenvalue weighted by atomic mass is 127. The average Bonchev–Trinajstić information content (AvgIpc) is 2.99. The van der Waals surface area contributed by atoms with Crippen LogP contribution in [0.15, 0.2) is 29.5 Å². The Kier molecular flexibility index (Phi) is 8.88. The van der Waals surface area contributed by atoms with E-state index >= 15 is 0 Å². The number of nitrogens with zero attached hydrogens (tertiary/aromatic N) is 4. The number of hydrogen-bond donors (Lipinski definition) is 3. The lowest BCUT2D eigenvalue weighted by atomic mass is 10.2. The molecule has 1 aromatic heterocycles. The van der Waals surface area contributed by atoms with Gasteiger partial charge in [-0.05, 0) is 24.6 Å². The minimum Gasteiger partial charge on any atom is -0.355 e. The van der Waals surface area contributed by atoms with Gasteiger partial charge in [0.05, 0.1) is 18.0 Å². The van der Waals surface area contributed by atoms with E-state index in [2.05, 4.69) is 30.4 Å². The summed E-state index contributed by atoms with van der Waals surface area (Å²) in [5.74, 6) is 0.484. The highest BCUT2D eigenvalue weighted by Gasteiger charge is 2.12. The fourth-order valence-corrected chi connectivity index (χ4v) is 3.01. The van der Waals surface area contributed by atoms with Crippen molar-refractivity contribution in [3.8, 4) is 0 Å². The Morgan fingerprint density at radius 2 is 2.07 bits per heavy atom. The van der Waals surface area contributed by atoms with E-state index in [1.807, 2.05) is 0 Å². The van der Waals surface area contributed by atoms with Crippen LogP contribution in [0.2, 0.25) is 0 Å². The number of hydrogen-bond acceptors (Lipinski definition) is 5. The summed E-state index contributed by atoms with van der Waals surface area (Å²) in [5, 5.41) is 9.87. The minimum atomic E-state index is -3.62. The highest BCUT2D eigenvalue weighted by molar-refractivity contribution is 14.0.